The Kier molecular flexibility index (Phi) is 8.22. The van der Waals surface area contributed by atoms with E-state index in [1.165, 1.54) is 17.2 Å². The highest BCUT2D eigenvalue weighted by molar-refractivity contribution is 5.81. The summed E-state index contributed by atoms with van der Waals surface area (Å²) in [6.07, 6.45) is 9.34. The van der Waals surface area contributed by atoms with Crippen LogP contribution >= 0.6 is 0 Å². The molecule has 0 amide bonds. The number of carbonyl (C=O) groups excluding carboxylic acids is 1. The number of carbonyl (C=O) groups is 1. The summed E-state index contributed by atoms with van der Waals surface area (Å²) >= 11 is 0. The van der Waals surface area contributed by atoms with Crippen LogP contribution in [0.15, 0.2) is 35.5 Å². The summed E-state index contributed by atoms with van der Waals surface area (Å²) in [5.74, 6) is -0.282. The molecule has 2 heteroatoms. The van der Waals surface area contributed by atoms with E-state index in [0.29, 0.717) is 6.61 Å². The number of rotatable bonds is 6. The van der Waals surface area contributed by atoms with Crippen LogP contribution in [-0.4, -0.2) is 12.6 Å². The second-order valence-electron chi connectivity index (χ2n) is 4.00. The van der Waals surface area contributed by atoms with Crippen LogP contribution in [0.4, 0.5) is 0 Å². The minimum Gasteiger partial charge on any atom is -0.458 e. The highest BCUT2D eigenvalue weighted by Crippen LogP contribution is 2.06. The summed E-state index contributed by atoms with van der Waals surface area (Å²) in [6, 6.07) is 0. The summed E-state index contributed by atoms with van der Waals surface area (Å²) in [7, 11) is 0. The van der Waals surface area contributed by atoms with Crippen molar-refractivity contribution < 1.29 is 9.53 Å². The van der Waals surface area contributed by atoms with Gasteiger partial charge in [-0.15, -0.1) is 0 Å². The standard InChI is InChI=1S/C14H22O2/c1-5-7-14(15)16-11-10-13(4)9-6-8-12(2)3/h5,7-8,10H,6,9,11H2,1-4H3. The predicted molar refractivity (Wildman–Crippen MR) is 68.2 cm³/mol. The zero-order valence-corrected chi connectivity index (χ0v) is 10.7. The van der Waals surface area contributed by atoms with Crippen LogP contribution in [0.25, 0.3) is 0 Å². The molecule has 0 fully saturated rings. The molecule has 0 aromatic rings. The molecule has 0 aliphatic heterocycles. The third-order valence-electron chi connectivity index (χ3n) is 2.05. The zero-order valence-electron chi connectivity index (χ0n) is 10.7. The Morgan fingerprint density at radius 2 is 1.88 bits per heavy atom. The molecule has 0 radical (unpaired) electrons. The Bertz CT molecular complexity index is 292. The highest BCUT2D eigenvalue weighted by atomic mass is 16.5. The van der Waals surface area contributed by atoms with Crippen molar-refractivity contribution in [2.24, 2.45) is 0 Å². The Balaban J connectivity index is 3.79. The smallest absolute Gasteiger partial charge is 0.330 e. The second-order valence-corrected chi connectivity index (χ2v) is 4.00. The first kappa shape index (κ1) is 14.7. The van der Waals surface area contributed by atoms with Crippen LogP contribution in [0.1, 0.15) is 40.5 Å². The van der Waals surface area contributed by atoms with Crippen LogP contribution in [0, 0.1) is 0 Å². The largest absolute Gasteiger partial charge is 0.458 e. The van der Waals surface area contributed by atoms with Crippen molar-refractivity contribution in [2.75, 3.05) is 6.61 Å². The van der Waals surface area contributed by atoms with Gasteiger partial charge in [-0.1, -0.05) is 23.3 Å². The molecule has 16 heavy (non-hydrogen) atoms. The van der Waals surface area contributed by atoms with Gasteiger partial charge in [0.2, 0.25) is 0 Å². The van der Waals surface area contributed by atoms with Crippen molar-refractivity contribution in [2.45, 2.75) is 40.5 Å². The minimum atomic E-state index is -0.282. The number of hydrogen-bond donors (Lipinski definition) is 0. The molecule has 0 rings (SSSR count). The highest BCUT2D eigenvalue weighted by Gasteiger charge is 1.94. The first-order valence-electron chi connectivity index (χ1n) is 5.64. The van der Waals surface area contributed by atoms with E-state index in [9.17, 15) is 4.79 Å². The van der Waals surface area contributed by atoms with Gasteiger partial charge in [0.05, 0.1) is 0 Å². The Morgan fingerprint density at radius 1 is 1.19 bits per heavy atom. The molecule has 0 heterocycles. The topological polar surface area (TPSA) is 26.3 Å². The molecule has 0 bridgehead atoms. The summed E-state index contributed by atoms with van der Waals surface area (Å²) in [5.41, 5.74) is 2.60. The third-order valence-corrected chi connectivity index (χ3v) is 2.05. The molecule has 0 aliphatic rings. The van der Waals surface area contributed by atoms with Crippen LogP contribution in [0.5, 0.6) is 0 Å². The molecule has 2 nitrogen and oxygen atoms in total. The maximum absolute atomic E-state index is 11.0. The second kappa shape index (κ2) is 8.96. The summed E-state index contributed by atoms with van der Waals surface area (Å²) in [4.78, 5) is 11.0. The number of ether oxygens (including phenoxy) is 1. The third kappa shape index (κ3) is 9.25. The molecule has 0 aromatic heterocycles. The Morgan fingerprint density at radius 3 is 2.44 bits per heavy atom. The van der Waals surface area contributed by atoms with Gasteiger partial charge in [0, 0.05) is 6.08 Å². The SMILES string of the molecule is CC=CC(=O)OCC=C(C)CCC=C(C)C. The van der Waals surface area contributed by atoms with E-state index >= 15 is 0 Å². The van der Waals surface area contributed by atoms with E-state index in [2.05, 4.69) is 26.8 Å². The lowest BCUT2D eigenvalue weighted by atomic mass is 10.1. The fraction of sp³-hybridized carbons (Fsp3) is 0.500. The van der Waals surface area contributed by atoms with Crippen molar-refractivity contribution in [3.8, 4) is 0 Å². The Labute approximate surface area is 98.7 Å². The molecule has 0 aromatic carbocycles. The van der Waals surface area contributed by atoms with E-state index in [1.54, 1.807) is 13.0 Å². The molecule has 0 unspecified atom stereocenters. The van der Waals surface area contributed by atoms with Crippen LogP contribution < -0.4 is 0 Å². The van der Waals surface area contributed by atoms with Gasteiger partial charge in [-0.3, -0.25) is 0 Å². The zero-order chi connectivity index (χ0) is 12.4. The van der Waals surface area contributed by atoms with Gasteiger partial charge in [-0.2, -0.15) is 0 Å². The molecule has 0 saturated heterocycles. The van der Waals surface area contributed by atoms with E-state index in [0.717, 1.165) is 12.8 Å². The maximum Gasteiger partial charge on any atom is 0.330 e. The van der Waals surface area contributed by atoms with E-state index in [-0.39, 0.29) is 5.97 Å². The summed E-state index contributed by atoms with van der Waals surface area (Å²) in [6.45, 7) is 8.41. The van der Waals surface area contributed by atoms with Gasteiger partial charge < -0.3 is 4.74 Å². The van der Waals surface area contributed by atoms with Crippen LogP contribution in [0.2, 0.25) is 0 Å². The lowest BCUT2D eigenvalue weighted by molar-refractivity contribution is -0.136. The van der Waals surface area contributed by atoms with Crippen molar-refractivity contribution in [1.29, 1.82) is 0 Å². The number of allylic oxidation sites excluding steroid dienone is 4. The van der Waals surface area contributed by atoms with Gasteiger partial charge in [0.15, 0.2) is 0 Å². The molecule has 90 valence electrons. The van der Waals surface area contributed by atoms with Crippen LogP contribution in [-0.2, 0) is 9.53 Å². The normalized spacial score (nSPS) is 11.6. The van der Waals surface area contributed by atoms with Crippen molar-refractivity contribution in [1.82, 2.24) is 0 Å². The fourth-order valence-corrected chi connectivity index (χ4v) is 1.14. The van der Waals surface area contributed by atoms with Gasteiger partial charge in [-0.25, -0.2) is 4.79 Å². The van der Waals surface area contributed by atoms with E-state index in [4.69, 9.17) is 4.74 Å². The molecular formula is C14H22O2. The molecule has 0 N–H and O–H groups in total. The average molecular weight is 222 g/mol. The summed E-state index contributed by atoms with van der Waals surface area (Å²) in [5, 5.41) is 0. The number of hydrogen-bond acceptors (Lipinski definition) is 2. The fourth-order valence-electron chi connectivity index (χ4n) is 1.14. The predicted octanol–water partition coefficient (Wildman–Crippen LogP) is 3.80. The molecule has 0 spiro atoms. The minimum absolute atomic E-state index is 0.282. The van der Waals surface area contributed by atoms with Gasteiger partial charge in [0.25, 0.3) is 0 Å². The van der Waals surface area contributed by atoms with Crippen molar-refractivity contribution in [3.05, 3.63) is 35.5 Å². The first-order chi connectivity index (χ1) is 7.56. The number of esters is 1. The van der Waals surface area contributed by atoms with Crippen molar-refractivity contribution in [3.63, 3.8) is 0 Å². The Hall–Kier alpha value is -1.31. The lowest BCUT2D eigenvalue weighted by Crippen LogP contribution is -2.00. The van der Waals surface area contributed by atoms with Gasteiger partial charge in [0.1, 0.15) is 6.61 Å². The van der Waals surface area contributed by atoms with E-state index < -0.39 is 0 Å². The quantitative estimate of drug-likeness (QED) is 0.388. The van der Waals surface area contributed by atoms with E-state index in [1.807, 2.05) is 6.08 Å². The molecule has 0 aliphatic carbocycles. The van der Waals surface area contributed by atoms with Gasteiger partial charge in [-0.05, 0) is 46.6 Å². The van der Waals surface area contributed by atoms with Gasteiger partial charge >= 0.3 is 5.97 Å². The molecular weight excluding hydrogens is 200 g/mol. The average Bonchev–Trinajstić information content (AvgIpc) is 2.17. The summed E-state index contributed by atoms with van der Waals surface area (Å²) < 4.78 is 4.96. The van der Waals surface area contributed by atoms with Crippen LogP contribution in [0.3, 0.4) is 0 Å². The molecule has 0 saturated carbocycles. The first-order valence-corrected chi connectivity index (χ1v) is 5.64. The monoisotopic (exact) mass is 222 g/mol. The lowest BCUT2D eigenvalue weighted by Gasteiger charge is -2.00. The van der Waals surface area contributed by atoms with Crippen molar-refractivity contribution >= 4 is 5.97 Å². The molecule has 0 atom stereocenters. The maximum atomic E-state index is 11.0.